The fraction of sp³-hybridized carbons (Fsp3) is 0.179. The third kappa shape index (κ3) is 5.45. The summed E-state index contributed by atoms with van der Waals surface area (Å²) in [6.07, 6.45) is 9.17. The molecule has 0 spiro atoms. The summed E-state index contributed by atoms with van der Waals surface area (Å²) in [5, 5.41) is 16.8. The Kier molecular flexibility index (Phi) is 7.50. The topological polar surface area (TPSA) is 109 Å². The molecule has 0 unspecified atom stereocenters. The molecule has 0 amide bonds. The number of nitrogens with zero attached hydrogens (tertiary/aromatic N) is 6. The zero-order valence-electron chi connectivity index (χ0n) is 21.0. The molecule has 10 heteroatoms. The minimum absolute atomic E-state index is 0.426. The number of nitrogens with one attached hydrogen (secondary N) is 1. The molecule has 192 valence electrons. The molecule has 5 aromatic rings. The lowest BCUT2D eigenvalue weighted by Crippen LogP contribution is -2.46. The van der Waals surface area contributed by atoms with Crippen LogP contribution in [0.5, 0.6) is 0 Å². The van der Waals surface area contributed by atoms with Crippen LogP contribution >= 0.6 is 11.8 Å². The third-order valence-corrected chi connectivity index (χ3v) is 6.83. The van der Waals surface area contributed by atoms with Crippen molar-refractivity contribution in [2.45, 2.75) is 12.5 Å². The minimum Gasteiger partial charge on any atom is -0.480 e. The lowest BCUT2D eigenvalue weighted by molar-refractivity contribution is -0.138. The van der Waals surface area contributed by atoms with Crippen LogP contribution < -0.4 is 10.4 Å². The van der Waals surface area contributed by atoms with Crippen molar-refractivity contribution >= 4 is 40.1 Å². The number of carboxylic acid groups (broad SMARTS) is 1. The number of carbonyl (C=O) groups is 1. The number of hydrazine groups is 1. The Morgan fingerprint density at radius 2 is 1.87 bits per heavy atom. The summed E-state index contributed by atoms with van der Waals surface area (Å²) in [4.78, 5) is 25.9. The maximum atomic E-state index is 12.4. The van der Waals surface area contributed by atoms with Crippen molar-refractivity contribution in [3.63, 3.8) is 0 Å². The molecule has 2 N–H and O–H groups in total. The normalized spacial score (nSPS) is 11.8. The zero-order chi connectivity index (χ0) is 26.5. The zero-order valence-corrected chi connectivity index (χ0v) is 21.8. The second kappa shape index (κ2) is 11.3. The summed E-state index contributed by atoms with van der Waals surface area (Å²) in [7, 11) is 1.85. The molecule has 0 fully saturated rings. The molecule has 9 nitrogen and oxygen atoms in total. The van der Waals surface area contributed by atoms with Crippen molar-refractivity contribution < 1.29 is 9.90 Å². The van der Waals surface area contributed by atoms with Crippen molar-refractivity contribution in [2.24, 2.45) is 7.05 Å². The minimum atomic E-state index is -0.937. The van der Waals surface area contributed by atoms with Gasteiger partial charge in [-0.3, -0.25) is 20.1 Å². The van der Waals surface area contributed by atoms with Crippen LogP contribution in [0.1, 0.15) is 6.42 Å². The van der Waals surface area contributed by atoms with Crippen LogP contribution in [0.25, 0.3) is 33.3 Å². The molecule has 0 saturated heterocycles. The molecule has 0 saturated carbocycles. The first-order chi connectivity index (χ1) is 18.5. The van der Waals surface area contributed by atoms with E-state index in [9.17, 15) is 9.90 Å². The highest BCUT2D eigenvalue weighted by Gasteiger charge is 2.27. The summed E-state index contributed by atoms with van der Waals surface area (Å²) in [5.41, 5.74) is 8.41. The molecular formula is C28H27N7O2S. The van der Waals surface area contributed by atoms with Crippen molar-refractivity contribution in [3.05, 3.63) is 85.6 Å². The van der Waals surface area contributed by atoms with Crippen LogP contribution in [-0.4, -0.2) is 53.9 Å². The number of aromatic nitrogens is 5. The van der Waals surface area contributed by atoms with Gasteiger partial charge in [0.15, 0.2) is 5.82 Å². The Bertz CT molecular complexity index is 1540. The second-order valence-corrected chi connectivity index (χ2v) is 9.73. The highest BCUT2D eigenvalue weighted by atomic mass is 32.2. The Labute approximate surface area is 224 Å². The molecule has 0 aliphatic heterocycles. The number of carboxylic acids is 1. The summed E-state index contributed by atoms with van der Waals surface area (Å²) >= 11 is 1.60. The summed E-state index contributed by atoms with van der Waals surface area (Å²) in [6, 6.07) is 18.9. The van der Waals surface area contributed by atoms with Gasteiger partial charge in [-0.2, -0.15) is 16.9 Å². The van der Waals surface area contributed by atoms with Crippen LogP contribution in [0.3, 0.4) is 0 Å². The van der Waals surface area contributed by atoms with Crippen LogP contribution in [0.4, 0.5) is 11.5 Å². The van der Waals surface area contributed by atoms with Gasteiger partial charge in [0.2, 0.25) is 0 Å². The van der Waals surface area contributed by atoms with E-state index in [4.69, 9.17) is 0 Å². The van der Waals surface area contributed by atoms with E-state index < -0.39 is 12.0 Å². The number of benzene rings is 2. The largest absolute Gasteiger partial charge is 0.480 e. The first kappa shape index (κ1) is 25.2. The number of rotatable bonds is 10. The van der Waals surface area contributed by atoms with E-state index in [0.717, 1.165) is 33.3 Å². The number of thioether (sulfide) groups is 1. The monoisotopic (exact) mass is 525 g/mol. The van der Waals surface area contributed by atoms with Gasteiger partial charge in [0, 0.05) is 24.2 Å². The summed E-state index contributed by atoms with van der Waals surface area (Å²) < 4.78 is 1.71. The Hall–Kier alpha value is -4.44. The molecule has 0 aliphatic rings. The van der Waals surface area contributed by atoms with Crippen molar-refractivity contribution in [1.82, 2.24) is 24.7 Å². The van der Waals surface area contributed by atoms with E-state index in [0.29, 0.717) is 23.7 Å². The van der Waals surface area contributed by atoms with Gasteiger partial charge in [-0.05, 0) is 53.8 Å². The van der Waals surface area contributed by atoms with E-state index in [2.05, 4.69) is 37.6 Å². The fourth-order valence-electron chi connectivity index (χ4n) is 4.24. The number of aliphatic carboxylic acids is 1. The first-order valence-electron chi connectivity index (χ1n) is 12.1. The lowest BCUT2D eigenvalue weighted by Gasteiger charge is -2.31. The molecule has 2 aromatic carbocycles. The molecule has 0 aliphatic carbocycles. The lowest BCUT2D eigenvalue weighted by atomic mass is 10.0. The molecule has 3 heterocycles. The molecule has 1 atom stereocenters. The van der Waals surface area contributed by atoms with Gasteiger partial charge < -0.3 is 5.11 Å². The van der Waals surface area contributed by atoms with E-state index in [1.165, 1.54) is 6.33 Å². The van der Waals surface area contributed by atoms with Crippen LogP contribution in [0, 0.1) is 0 Å². The first-order valence-corrected chi connectivity index (χ1v) is 13.5. The second-order valence-electron chi connectivity index (χ2n) is 8.74. The Balaban J connectivity index is 1.52. The van der Waals surface area contributed by atoms with Gasteiger partial charge in [-0.15, -0.1) is 0 Å². The van der Waals surface area contributed by atoms with E-state index in [-0.39, 0.29) is 0 Å². The van der Waals surface area contributed by atoms with Crippen molar-refractivity contribution in [2.75, 3.05) is 22.4 Å². The molecular weight excluding hydrogens is 498 g/mol. The smallest absolute Gasteiger partial charge is 0.328 e. The van der Waals surface area contributed by atoms with Gasteiger partial charge in [-0.1, -0.05) is 36.4 Å². The maximum absolute atomic E-state index is 12.4. The predicted octanol–water partition coefficient (Wildman–Crippen LogP) is 5.13. The van der Waals surface area contributed by atoms with Crippen LogP contribution in [0.2, 0.25) is 0 Å². The van der Waals surface area contributed by atoms with Crippen molar-refractivity contribution in [3.8, 4) is 22.4 Å². The third-order valence-electron chi connectivity index (χ3n) is 6.19. The van der Waals surface area contributed by atoms with Gasteiger partial charge >= 0.3 is 5.97 Å². The van der Waals surface area contributed by atoms with Crippen LogP contribution in [-0.2, 0) is 11.8 Å². The van der Waals surface area contributed by atoms with Crippen LogP contribution in [0.15, 0.2) is 85.6 Å². The number of hydrogen-bond donors (Lipinski definition) is 2. The quantitative estimate of drug-likeness (QED) is 0.240. The van der Waals surface area contributed by atoms with Gasteiger partial charge in [0.25, 0.3) is 0 Å². The molecule has 3 aromatic heterocycles. The van der Waals surface area contributed by atoms with E-state index in [1.807, 2.05) is 68.0 Å². The summed E-state index contributed by atoms with van der Waals surface area (Å²) in [6.45, 7) is 0. The SMILES string of the molecule is CSCC[C@@H](C(=O)O)N(Nc1ncnc2cc(-c3ccccc3)ccc12)c1ccc(-c2cnn(C)c2)nc1. The van der Waals surface area contributed by atoms with E-state index in [1.54, 1.807) is 33.8 Å². The average molecular weight is 526 g/mol. The van der Waals surface area contributed by atoms with Gasteiger partial charge in [0.1, 0.15) is 12.4 Å². The van der Waals surface area contributed by atoms with E-state index >= 15 is 0 Å². The highest BCUT2D eigenvalue weighted by molar-refractivity contribution is 7.98. The number of pyridine rings is 1. The Morgan fingerprint density at radius 1 is 1.03 bits per heavy atom. The standard InChI is InChI=1S/C28H27N7O2S/c1-34-17-21(15-32-34)24-11-9-22(16-29-24)35(26(28(36)37)12-13-38-2)33-27-23-10-8-20(14-25(23)30-18-31-27)19-6-4-3-5-7-19/h3-11,14-18,26H,12-13H2,1-2H3,(H,36,37)(H,30,31,33)/t26-/m0/s1. The predicted molar refractivity (Wildman–Crippen MR) is 152 cm³/mol. The number of hydrogen-bond acceptors (Lipinski definition) is 8. The number of fused-ring (bicyclic) bond motifs is 1. The number of aryl methyl sites for hydroxylation is 1. The van der Waals surface area contributed by atoms with Gasteiger partial charge in [-0.25, -0.2) is 14.8 Å². The van der Waals surface area contributed by atoms with Crippen molar-refractivity contribution in [1.29, 1.82) is 0 Å². The molecule has 38 heavy (non-hydrogen) atoms. The van der Waals surface area contributed by atoms with Gasteiger partial charge in [0.05, 0.1) is 29.3 Å². The fourth-order valence-corrected chi connectivity index (χ4v) is 4.70. The summed E-state index contributed by atoms with van der Waals surface area (Å²) in [5.74, 6) is 0.260. The average Bonchev–Trinajstić information content (AvgIpc) is 3.39. The highest BCUT2D eigenvalue weighted by Crippen LogP contribution is 2.29. The number of anilines is 2. The molecule has 0 bridgehead atoms. The molecule has 0 radical (unpaired) electrons. The maximum Gasteiger partial charge on any atom is 0.328 e. The Morgan fingerprint density at radius 3 is 2.55 bits per heavy atom. The molecule has 5 rings (SSSR count).